The first-order chi connectivity index (χ1) is 18.3. The number of aliphatic imine (C=N–C) groups is 1. The number of ether oxygens (including phenoxy) is 3. The number of carbonyl (C=O) groups excluding carboxylic acids is 2. The Morgan fingerprint density at radius 2 is 1.95 bits per heavy atom. The molecule has 0 radical (unpaired) electrons. The van der Waals surface area contributed by atoms with E-state index in [2.05, 4.69) is 26.9 Å². The Balaban J connectivity index is 1.78. The molecule has 2 amide bonds. The maximum Gasteiger partial charge on any atom is 0.412 e. The van der Waals surface area contributed by atoms with Crippen LogP contribution in [-0.4, -0.2) is 99.6 Å². The third-order valence-corrected chi connectivity index (χ3v) is 7.53. The number of nitriles is 1. The zero-order valence-corrected chi connectivity index (χ0v) is 23.3. The van der Waals surface area contributed by atoms with Gasteiger partial charge in [-0.25, -0.2) is 4.79 Å². The maximum absolute atomic E-state index is 13.7. The number of rotatable bonds is 10. The third kappa shape index (κ3) is 9.80. The van der Waals surface area contributed by atoms with E-state index in [4.69, 9.17) is 19.2 Å². The van der Waals surface area contributed by atoms with E-state index >= 15 is 0 Å². The molecule has 2 saturated heterocycles. The second-order valence-corrected chi connectivity index (χ2v) is 11.0. The predicted molar refractivity (Wildman–Crippen MR) is 144 cm³/mol. The van der Waals surface area contributed by atoms with Gasteiger partial charge in [0.2, 0.25) is 5.91 Å². The summed E-state index contributed by atoms with van der Waals surface area (Å²) in [6, 6.07) is 1.63. The number of likely N-dealkylation sites (tertiary alicyclic amines) is 1. The summed E-state index contributed by atoms with van der Waals surface area (Å²) in [4.78, 5) is 33.3. The predicted octanol–water partition coefficient (Wildman–Crippen LogP) is 1.97. The van der Waals surface area contributed by atoms with E-state index < -0.39 is 23.8 Å². The molecule has 214 valence electrons. The normalized spacial score (nSPS) is 23.9. The van der Waals surface area contributed by atoms with Crippen LogP contribution in [0.2, 0.25) is 0 Å². The lowest BCUT2D eigenvalue weighted by Crippen LogP contribution is -2.56. The molecule has 2 aliphatic heterocycles. The molecule has 0 aromatic rings. The lowest BCUT2D eigenvalue weighted by atomic mass is 9.84. The quantitative estimate of drug-likeness (QED) is 0.220. The Bertz CT molecular complexity index is 824. The van der Waals surface area contributed by atoms with Crippen molar-refractivity contribution < 1.29 is 23.8 Å². The standard InChI is InChI=1S/C27H46N6O5/c1-20(2)36-15-16-38-26(35)31-24(23-18-29-11-14-37-23)30-22(17-21-7-5-4-6-8-21)25(34)32-27(19-28)9-12-33(3)13-10-27/h20-23,29H,4-18H2,1-3H3,(H,32,34)(H,30,31,35). The summed E-state index contributed by atoms with van der Waals surface area (Å²) in [5.41, 5.74) is -0.907. The van der Waals surface area contributed by atoms with Crippen molar-refractivity contribution >= 4 is 17.8 Å². The van der Waals surface area contributed by atoms with Crippen LogP contribution in [0, 0.1) is 17.2 Å². The molecule has 11 nitrogen and oxygen atoms in total. The van der Waals surface area contributed by atoms with E-state index in [1.807, 2.05) is 20.9 Å². The number of alkyl carbamates (subject to hydrolysis) is 1. The summed E-state index contributed by atoms with van der Waals surface area (Å²) in [5.74, 6) is 0.367. The second-order valence-electron chi connectivity index (χ2n) is 11.0. The highest BCUT2D eigenvalue weighted by molar-refractivity contribution is 5.99. The van der Waals surface area contributed by atoms with Crippen molar-refractivity contribution in [2.75, 3.05) is 53.0 Å². The van der Waals surface area contributed by atoms with Crippen molar-refractivity contribution in [1.82, 2.24) is 20.9 Å². The van der Waals surface area contributed by atoms with Crippen molar-refractivity contribution in [2.24, 2.45) is 10.9 Å². The average molecular weight is 535 g/mol. The molecule has 3 aliphatic rings. The zero-order valence-electron chi connectivity index (χ0n) is 23.3. The van der Waals surface area contributed by atoms with Crippen LogP contribution in [0.1, 0.15) is 65.2 Å². The number of nitrogens with zero attached hydrogens (tertiary/aromatic N) is 3. The van der Waals surface area contributed by atoms with Gasteiger partial charge in [-0.3, -0.25) is 15.1 Å². The molecule has 2 atom stereocenters. The van der Waals surface area contributed by atoms with Crippen LogP contribution in [0.25, 0.3) is 0 Å². The molecule has 11 heteroatoms. The van der Waals surface area contributed by atoms with E-state index in [9.17, 15) is 14.9 Å². The van der Waals surface area contributed by atoms with Gasteiger partial charge in [-0.15, -0.1) is 0 Å². The molecule has 3 fully saturated rings. The number of nitrogens with one attached hydrogen (secondary N) is 3. The topological polar surface area (TPSA) is 137 Å². The van der Waals surface area contributed by atoms with E-state index in [0.29, 0.717) is 44.9 Å². The van der Waals surface area contributed by atoms with Gasteiger partial charge in [0.25, 0.3) is 0 Å². The lowest BCUT2D eigenvalue weighted by Gasteiger charge is -2.37. The highest BCUT2D eigenvalue weighted by Crippen LogP contribution is 2.29. The van der Waals surface area contributed by atoms with Crippen molar-refractivity contribution in [2.45, 2.75) is 89.0 Å². The number of hydrogen-bond acceptors (Lipinski definition) is 9. The van der Waals surface area contributed by atoms with Crippen LogP contribution in [-0.2, 0) is 19.0 Å². The zero-order chi connectivity index (χ0) is 27.4. The summed E-state index contributed by atoms with van der Waals surface area (Å²) < 4.78 is 16.6. The van der Waals surface area contributed by atoms with Crippen molar-refractivity contribution in [3.8, 4) is 6.07 Å². The number of amidine groups is 1. The van der Waals surface area contributed by atoms with Gasteiger partial charge < -0.3 is 29.7 Å². The van der Waals surface area contributed by atoms with Crippen LogP contribution >= 0.6 is 0 Å². The molecule has 0 aromatic carbocycles. The van der Waals surface area contributed by atoms with Crippen LogP contribution in [0.3, 0.4) is 0 Å². The number of piperidine rings is 1. The average Bonchev–Trinajstić information content (AvgIpc) is 2.92. The van der Waals surface area contributed by atoms with E-state index in [0.717, 1.165) is 38.8 Å². The van der Waals surface area contributed by atoms with Gasteiger partial charge >= 0.3 is 6.09 Å². The fourth-order valence-electron chi connectivity index (χ4n) is 5.20. The summed E-state index contributed by atoms with van der Waals surface area (Å²) in [6.07, 6.45) is 6.16. The van der Waals surface area contributed by atoms with Gasteiger partial charge in [0, 0.05) is 26.2 Å². The van der Waals surface area contributed by atoms with Gasteiger partial charge in [-0.2, -0.15) is 5.26 Å². The molecule has 0 aromatic heterocycles. The Kier molecular flexibility index (Phi) is 12.2. The Labute approximate surface area is 227 Å². The van der Waals surface area contributed by atoms with Gasteiger partial charge in [-0.05, 0) is 46.1 Å². The first-order valence-electron chi connectivity index (χ1n) is 14.2. The number of morpholine rings is 1. The molecule has 3 N–H and O–H groups in total. The largest absolute Gasteiger partial charge is 0.447 e. The lowest BCUT2D eigenvalue weighted by molar-refractivity contribution is -0.124. The maximum atomic E-state index is 13.7. The summed E-state index contributed by atoms with van der Waals surface area (Å²) in [7, 11) is 2.02. The van der Waals surface area contributed by atoms with Gasteiger partial charge in [-0.1, -0.05) is 32.1 Å². The third-order valence-electron chi connectivity index (χ3n) is 7.53. The molecule has 1 saturated carbocycles. The number of carbonyl (C=O) groups is 2. The molecule has 2 heterocycles. The molecule has 3 rings (SSSR count). The summed E-state index contributed by atoms with van der Waals surface area (Å²) in [6.45, 7) is 7.33. The molecule has 2 unspecified atom stereocenters. The number of amides is 2. The van der Waals surface area contributed by atoms with Crippen molar-refractivity contribution in [3.63, 3.8) is 0 Å². The molecule has 0 spiro atoms. The summed E-state index contributed by atoms with van der Waals surface area (Å²) >= 11 is 0. The second kappa shape index (κ2) is 15.4. The minimum atomic E-state index is -0.907. The molecular weight excluding hydrogens is 488 g/mol. The molecular formula is C27H46N6O5. The van der Waals surface area contributed by atoms with Gasteiger partial charge in [0.15, 0.2) is 0 Å². The molecule has 38 heavy (non-hydrogen) atoms. The van der Waals surface area contributed by atoms with Gasteiger partial charge in [0.05, 0.1) is 25.4 Å². The first-order valence-corrected chi connectivity index (χ1v) is 14.2. The van der Waals surface area contributed by atoms with Gasteiger partial charge in [0.1, 0.15) is 30.1 Å². The highest BCUT2D eigenvalue weighted by Gasteiger charge is 2.38. The Morgan fingerprint density at radius 1 is 1.21 bits per heavy atom. The Morgan fingerprint density at radius 3 is 2.58 bits per heavy atom. The smallest absolute Gasteiger partial charge is 0.412 e. The summed E-state index contributed by atoms with van der Waals surface area (Å²) in [5, 5.41) is 19.0. The SMILES string of the molecule is CC(C)OCCOC(=O)NC(=NC(CC1CCCCC1)C(=O)NC1(C#N)CCN(C)CC1)C1CNCCO1. The fraction of sp³-hybridized carbons (Fsp3) is 0.852. The first kappa shape index (κ1) is 30.3. The highest BCUT2D eigenvalue weighted by atomic mass is 16.6. The van der Waals surface area contributed by atoms with E-state index in [-0.39, 0.29) is 31.1 Å². The molecule has 0 bridgehead atoms. The van der Waals surface area contributed by atoms with E-state index in [1.165, 1.54) is 6.42 Å². The fourth-order valence-corrected chi connectivity index (χ4v) is 5.20. The van der Waals surface area contributed by atoms with Crippen molar-refractivity contribution in [3.05, 3.63) is 0 Å². The van der Waals surface area contributed by atoms with Crippen LogP contribution in [0.15, 0.2) is 4.99 Å². The number of hydrogen-bond donors (Lipinski definition) is 3. The Hall–Kier alpha value is -2.26. The molecule has 1 aliphatic carbocycles. The van der Waals surface area contributed by atoms with Crippen molar-refractivity contribution in [1.29, 1.82) is 5.26 Å². The van der Waals surface area contributed by atoms with Crippen LogP contribution < -0.4 is 16.0 Å². The van der Waals surface area contributed by atoms with Crippen LogP contribution in [0.5, 0.6) is 0 Å². The minimum Gasteiger partial charge on any atom is -0.447 e. The minimum absolute atomic E-state index is 0.0424. The monoisotopic (exact) mass is 534 g/mol. The van der Waals surface area contributed by atoms with Crippen LogP contribution in [0.4, 0.5) is 4.79 Å². The van der Waals surface area contributed by atoms with E-state index in [1.54, 1.807) is 0 Å².